The molecule has 8 heteroatoms. The van der Waals surface area contributed by atoms with Gasteiger partial charge in [-0.15, -0.1) is 10.2 Å². The topological polar surface area (TPSA) is 59.3 Å². The van der Waals surface area contributed by atoms with Gasteiger partial charge >= 0.3 is 6.18 Å². The molecule has 3 rings (SSSR count). The zero-order chi connectivity index (χ0) is 17.9. The molecule has 2 aromatic heterocycles. The van der Waals surface area contributed by atoms with E-state index in [0.717, 1.165) is 23.6 Å². The van der Waals surface area contributed by atoms with Crippen molar-refractivity contribution in [3.05, 3.63) is 65.6 Å². The Morgan fingerprint density at radius 1 is 1.08 bits per heavy atom. The summed E-state index contributed by atoms with van der Waals surface area (Å²) in [5, 5.41) is 10.8. The number of rotatable bonds is 5. The van der Waals surface area contributed by atoms with Crippen LogP contribution in [0.2, 0.25) is 0 Å². The number of hydrogen-bond acceptors (Lipinski definition) is 3. The molecule has 130 valence electrons. The molecule has 0 unspecified atom stereocenters. The molecule has 2 heterocycles. The highest BCUT2D eigenvalue weighted by molar-refractivity contribution is 5.78. The van der Waals surface area contributed by atoms with Gasteiger partial charge in [-0.25, -0.2) is 0 Å². The standard InChI is InChI=1S/C17H15F3N4O/c18-17(19,20)13-6-4-12(5-7-13)11-16(25)21-9-8-15-23-22-14-3-1-2-10-24(14)15/h1-7,10H,8-9,11H2,(H,21,25). The van der Waals surface area contributed by atoms with Crippen LogP contribution in [0.4, 0.5) is 13.2 Å². The molecule has 1 amide bonds. The highest BCUT2D eigenvalue weighted by atomic mass is 19.4. The Morgan fingerprint density at radius 3 is 2.56 bits per heavy atom. The van der Waals surface area contributed by atoms with E-state index in [1.807, 2.05) is 28.8 Å². The largest absolute Gasteiger partial charge is 0.416 e. The number of nitrogens with zero attached hydrogens (tertiary/aromatic N) is 3. The maximum Gasteiger partial charge on any atom is 0.416 e. The fraction of sp³-hybridized carbons (Fsp3) is 0.235. The lowest BCUT2D eigenvalue weighted by Crippen LogP contribution is -2.27. The summed E-state index contributed by atoms with van der Waals surface area (Å²) in [6.45, 7) is 0.370. The van der Waals surface area contributed by atoms with Crippen molar-refractivity contribution in [2.45, 2.75) is 19.0 Å². The van der Waals surface area contributed by atoms with Gasteiger partial charge in [0.05, 0.1) is 12.0 Å². The van der Waals surface area contributed by atoms with Crippen LogP contribution >= 0.6 is 0 Å². The van der Waals surface area contributed by atoms with Crippen molar-refractivity contribution in [1.82, 2.24) is 19.9 Å². The van der Waals surface area contributed by atoms with E-state index in [4.69, 9.17) is 0 Å². The summed E-state index contributed by atoms with van der Waals surface area (Å²) < 4.78 is 39.3. The average Bonchev–Trinajstić information content (AvgIpc) is 2.98. The average molecular weight is 348 g/mol. The SMILES string of the molecule is O=C(Cc1ccc(C(F)(F)F)cc1)NCCc1nnc2ccccn12. The lowest BCUT2D eigenvalue weighted by atomic mass is 10.1. The Morgan fingerprint density at radius 2 is 1.84 bits per heavy atom. The van der Waals surface area contributed by atoms with E-state index in [9.17, 15) is 18.0 Å². The molecule has 0 bridgehead atoms. The number of pyridine rings is 1. The molecule has 0 saturated carbocycles. The van der Waals surface area contributed by atoms with Gasteiger partial charge in [0.1, 0.15) is 5.82 Å². The van der Waals surface area contributed by atoms with Crippen molar-refractivity contribution in [2.24, 2.45) is 0 Å². The van der Waals surface area contributed by atoms with Crippen LogP contribution in [0.25, 0.3) is 5.65 Å². The smallest absolute Gasteiger partial charge is 0.355 e. The number of alkyl halides is 3. The molecule has 1 aromatic carbocycles. The fourth-order valence-corrected chi connectivity index (χ4v) is 2.43. The molecule has 0 radical (unpaired) electrons. The van der Waals surface area contributed by atoms with E-state index in [1.54, 1.807) is 0 Å². The predicted molar refractivity (Wildman–Crippen MR) is 84.8 cm³/mol. The quantitative estimate of drug-likeness (QED) is 0.771. The second kappa shape index (κ2) is 6.92. The number of benzene rings is 1. The van der Waals surface area contributed by atoms with Crippen LogP contribution in [-0.4, -0.2) is 27.0 Å². The molecule has 3 aromatic rings. The minimum atomic E-state index is -4.37. The molecule has 0 fully saturated rings. The summed E-state index contributed by atoms with van der Waals surface area (Å²) in [5.74, 6) is 0.471. The van der Waals surface area contributed by atoms with Crippen molar-refractivity contribution < 1.29 is 18.0 Å². The third-order valence-corrected chi connectivity index (χ3v) is 3.70. The molecule has 5 nitrogen and oxygen atoms in total. The van der Waals surface area contributed by atoms with E-state index in [1.165, 1.54) is 12.1 Å². The highest BCUT2D eigenvalue weighted by Gasteiger charge is 2.29. The van der Waals surface area contributed by atoms with E-state index in [2.05, 4.69) is 15.5 Å². The molecular weight excluding hydrogens is 333 g/mol. The Labute approximate surface area is 141 Å². The Balaban J connectivity index is 1.51. The van der Waals surface area contributed by atoms with Crippen LogP contribution in [-0.2, 0) is 23.8 Å². The van der Waals surface area contributed by atoms with E-state index in [0.29, 0.717) is 18.5 Å². The summed E-state index contributed by atoms with van der Waals surface area (Å²) >= 11 is 0. The number of nitrogens with one attached hydrogen (secondary N) is 1. The third kappa shape index (κ3) is 4.14. The minimum Gasteiger partial charge on any atom is -0.355 e. The van der Waals surface area contributed by atoms with Crippen LogP contribution < -0.4 is 5.32 Å². The Bertz CT molecular complexity index is 871. The number of aromatic nitrogens is 3. The van der Waals surface area contributed by atoms with Crippen molar-refractivity contribution in [2.75, 3.05) is 6.54 Å². The van der Waals surface area contributed by atoms with Crippen LogP contribution in [0.1, 0.15) is 17.0 Å². The first-order valence-corrected chi connectivity index (χ1v) is 7.65. The molecular formula is C17H15F3N4O. The van der Waals surface area contributed by atoms with Gasteiger partial charge in [-0.1, -0.05) is 18.2 Å². The number of halogens is 3. The van der Waals surface area contributed by atoms with Gasteiger partial charge in [0.2, 0.25) is 5.91 Å². The number of carbonyl (C=O) groups excluding carboxylic acids is 1. The maximum atomic E-state index is 12.5. The van der Waals surface area contributed by atoms with Gasteiger partial charge in [0.25, 0.3) is 0 Å². The molecule has 25 heavy (non-hydrogen) atoms. The van der Waals surface area contributed by atoms with E-state index in [-0.39, 0.29) is 12.3 Å². The third-order valence-electron chi connectivity index (χ3n) is 3.70. The van der Waals surface area contributed by atoms with Gasteiger partial charge in [-0.05, 0) is 29.8 Å². The maximum absolute atomic E-state index is 12.5. The predicted octanol–water partition coefficient (Wildman–Crippen LogP) is 2.65. The van der Waals surface area contributed by atoms with Gasteiger partial charge in [0, 0.05) is 19.2 Å². The lowest BCUT2D eigenvalue weighted by Gasteiger charge is -2.08. The highest BCUT2D eigenvalue weighted by Crippen LogP contribution is 2.29. The van der Waals surface area contributed by atoms with Crippen molar-refractivity contribution in [3.8, 4) is 0 Å². The normalized spacial score (nSPS) is 11.6. The second-order valence-electron chi connectivity index (χ2n) is 5.52. The van der Waals surface area contributed by atoms with Gasteiger partial charge in [-0.2, -0.15) is 13.2 Å². The molecule has 0 atom stereocenters. The first-order chi connectivity index (χ1) is 11.9. The second-order valence-corrected chi connectivity index (χ2v) is 5.52. The number of hydrogen-bond donors (Lipinski definition) is 1. The molecule has 1 N–H and O–H groups in total. The van der Waals surface area contributed by atoms with Gasteiger partial charge in [-0.3, -0.25) is 9.20 Å². The van der Waals surface area contributed by atoms with Gasteiger partial charge in [0.15, 0.2) is 5.65 Å². The Kier molecular flexibility index (Phi) is 4.69. The molecule has 0 saturated heterocycles. The summed E-state index contributed by atoms with van der Waals surface area (Å²) in [4.78, 5) is 11.9. The van der Waals surface area contributed by atoms with Gasteiger partial charge < -0.3 is 5.32 Å². The Hall–Kier alpha value is -2.90. The summed E-state index contributed by atoms with van der Waals surface area (Å²) in [6.07, 6.45) is -2.00. The fourth-order valence-electron chi connectivity index (χ4n) is 2.43. The molecule has 0 aliphatic rings. The summed E-state index contributed by atoms with van der Waals surface area (Å²) in [6, 6.07) is 10.1. The zero-order valence-electron chi connectivity index (χ0n) is 13.1. The summed E-state index contributed by atoms with van der Waals surface area (Å²) in [5.41, 5.74) is 0.530. The number of carbonyl (C=O) groups is 1. The zero-order valence-corrected chi connectivity index (χ0v) is 13.1. The van der Waals surface area contributed by atoms with Crippen LogP contribution in [0, 0.1) is 0 Å². The number of fused-ring (bicyclic) bond motifs is 1. The first kappa shape index (κ1) is 16.9. The van der Waals surface area contributed by atoms with Crippen molar-refractivity contribution in [3.63, 3.8) is 0 Å². The monoisotopic (exact) mass is 348 g/mol. The number of amides is 1. The van der Waals surface area contributed by atoms with Crippen LogP contribution in [0.5, 0.6) is 0 Å². The van der Waals surface area contributed by atoms with E-state index >= 15 is 0 Å². The molecule has 0 aliphatic carbocycles. The lowest BCUT2D eigenvalue weighted by molar-refractivity contribution is -0.137. The van der Waals surface area contributed by atoms with Crippen LogP contribution in [0.15, 0.2) is 48.7 Å². The molecule has 0 spiro atoms. The summed E-state index contributed by atoms with van der Waals surface area (Å²) in [7, 11) is 0. The molecule has 0 aliphatic heterocycles. The minimum absolute atomic E-state index is 0.0265. The first-order valence-electron chi connectivity index (χ1n) is 7.65. The van der Waals surface area contributed by atoms with E-state index < -0.39 is 11.7 Å². The van der Waals surface area contributed by atoms with Crippen molar-refractivity contribution in [1.29, 1.82) is 0 Å². The van der Waals surface area contributed by atoms with Crippen molar-refractivity contribution >= 4 is 11.6 Å². The van der Waals surface area contributed by atoms with Crippen LogP contribution in [0.3, 0.4) is 0 Å².